The molecule has 1 saturated carbocycles. The molecule has 2 unspecified atom stereocenters. The van der Waals surface area contributed by atoms with E-state index in [0.717, 1.165) is 25.0 Å². The molecule has 0 radical (unpaired) electrons. The Labute approximate surface area is 114 Å². The van der Waals surface area contributed by atoms with Crippen molar-refractivity contribution >= 4 is 5.97 Å². The molecule has 0 aromatic heterocycles. The van der Waals surface area contributed by atoms with E-state index in [1.807, 2.05) is 30.3 Å². The van der Waals surface area contributed by atoms with E-state index in [-0.39, 0.29) is 12.1 Å². The lowest BCUT2D eigenvalue weighted by molar-refractivity contribution is -0.139. The van der Waals surface area contributed by atoms with Crippen molar-refractivity contribution in [3.8, 4) is 5.75 Å². The first-order valence-corrected chi connectivity index (χ1v) is 6.71. The van der Waals surface area contributed by atoms with Gasteiger partial charge in [-0.25, -0.2) is 4.79 Å². The Morgan fingerprint density at radius 3 is 2.63 bits per heavy atom. The molecule has 3 nitrogen and oxygen atoms in total. The molecule has 2 atom stereocenters. The molecule has 0 aliphatic heterocycles. The van der Waals surface area contributed by atoms with Crippen LogP contribution in [0.3, 0.4) is 0 Å². The summed E-state index contributed by atoms with van der Waals surface area (Å²) in [6, 6.07) is 9.85. The molecule has 1 aromatic rings. The summed E-state index contributed by atoms with van der Waals surface area (Å²) in [5.41, 5.74) is 0.450. The minimum Gasteiger partial charge on any atom is -0.490 e. The predicted octanol–water partition coefficient (Wildman–Crippen LogP) is 3.35. The fraction of sp³-hybridized carbons (Fsp3) is 0.438. The lowest BCUT2D eigenvalue weighted by Crippen LogP contribution is -2.37. The number of carbonyl (C=O) groups is 1. The Kier molecular flexibility index (Phi) is 4.61. The van der Waals surface area contributed by atoms with Crippen molar-refractivity contribution in [3.63, 3.8) is 0 Å². The van der Waals surface area contributed by atoms with E-state index in [2.05, 4.69) is 6.58 Å². The molecule has 1 aromatic carbocycles. The van der Waals surface area contributed by atoms with Crippen LogP contribution in [0.2, 0.25) is 0 Å². The van der Waals surface area contributed by atoms with Crippen molar-refractivity contribution in [3.05, 3.63) is 42.5 Å². The fourth-order valence-electron chi connectivity index (χ4n) is 2.12. The van der Waals surface area contributed by atoms with E-state index in [4.69, 9.17) is 9.47 Å². The molecule has 0 amide bonds. The molecular weight excluding hydrogens is 240 g/mol. The second kappa shape index (κ2) is 6.41. The van der Waals surface area contributed by atoms with E-state index in [1.165, 1.54) is 0 Å². The molecule has 1 aliphatic carbocycles. The Bertz CT molecular complexity index is 439. The van der Waals surface area contributed by atoms with E-state index < -0.39 is 0 Å². The van der Waals surface area contributed by atoms with Crippen LogP contribution in [-0.4, -0.2) is 18.7 Å². The van der Waals surface area contributed by atoms with Gasteiger partial charge in [0, 0.05) is 5.57 Å². The molecule has 1 fully saturated rings. The predicted molar refractivity (Wildman–Crippen MR) is 74.0 cm³/mol. The molecule has 19 heavy (non-hydrogen) atoms. The highest BCUT2D eigenvalue weighted by atomic mass is 16.5. The Morgan fingerprint density at radius 2 is 2.05 bits per heavy atom. The maximum Gasteiger partial charge on any atom is 0.333 e. The van der Waals surface area contributed by atoms with Crippen molar-refractivity contribution in [2.24, 2.45) is 5.92 Å². The lowest BCUT2D eigenvalue weighted by Gasteiger charge is -2.36. The minimum atomic E-state index is -0.306. The highest BCUT2D eigenvalue weighted by molar-refractivity contribution is 5.86. The SMILES string of the molecule is C=C(C)C(=O)OCCC1CCC1Oc1ccccc1. The van der Waals surface area contributed by atoms with Crippen LogP contribution >= 0.6 is 0 Å². The molecule has 1 aliphatic rings. The van der Waals surface area contributed by atoms with Gasteiger partial charge in [-0.2, -0.15) is 0 Å². The van der Waals surface area contributed by atoms with Crippen molar-refractivity contribution in [2.75, 3.05) is 6.61 Å². The average Bonchev–Trinajstić information content (AvgIpc) is 2.40. The Morgan fingerprint density at radius 1 is 1.32 bits per heavy atom. The van der Waals surface area contributed by atoms with Crippen LogP contribution < -0.4 is 4.74 Å². The lowest BCUT2D eigenvalue weighted by atomic mass is 9.79. The number of benzene rings is 1. The van der Waals surface area contributed by atoms with Crippen LogP contribution in [0.1, 0.15) is 26.2 Å². The summed E-state index contributed by atoms with van der Waals surface area (Å²) < 4.78 is 11.0. The summed E-state index contributed by atoms with van der Waals surface area (Å²) in [7, 11) is 0. The number of para-hydroxylation sites is 1. The Hall–Kier alpha value is -1.77. The number of hydrogen-bond donors (Lipinski definition) is 0. The molecule has 0 saturated heterocycles. The van der Waals surface area contributed by atoms with Gasteiger partial charge in [-0.3, -0.25) is 0 Å². The molecule has 0 heterocycles. The number of hydrogen-bond acceptors (Lipinski definition) is 3. The van der Waals surface area contributed by atoms with Gasteiger partial charge < -0.3 is 9.47 Å². The van der Waals surface area contributed by atoms with Crippen LogP contribution in [0.5, 0.6) is 5.75 Å². The molecule has 3 heteroatoms. The van der Waals surface area contributed by atoms with E-state index in [0.29, 0.717) is 18.1 Å². The standard InChI is InChI=1S/C16H20O3/c1-12(2)16(17)18-11-10-13-8-9-15(13)19-14-6-4-3-5-7-14/h3-7,13,15H,1,8-11H2,2H3. The highest BCUT2D eigenvalue weighted by Gasteiger charge is 2.32. The summed E-state index contributed by atoms with van der Waals surface area (Å²) in [5.74, 6) is 1.09. The van der Waals surface area contributed by atoms with Crippen molar-refractivity contribution in [1.82, 2.24) is 0 Å². The second-order valence-corrected chi connectivity index (χ2v) is 5.01. The third kappa shape index (κ3) is 3.85. The topological polar surface area (TPSA) is 35.5 Å². The number of ether oxygens (including phenoxy) is 2. The van der Waals surface area contributed by atoms with E-state index in [1.54, 1.807) is 6.92 Å². The fourth-order valence-corrected chi connectivity index (χ4v) is 2.12. The zero-order chi connectivity index (χ0) is 13.7. The zero-order valence-corrected chi connectivity index (χ0v) is 11.3. The maximum absolute atomic E-state index is 11.3. The molecule has 2 rings (SSSR count). The quantitative estimate of drug-likeness (QED) is 0.581. The van der Waals surface area contributed by atoms with Gasteiger partial charge in [0.1, 0.15) is 11.9 Å². The highest BCUT2D eigenvalue weighted by Crippen LogP contribution is 2.34. The summed E-state index contributed by atoms with van der Waals surface area (Å²) in [6.07, 6.45) is 3.33. The summed E-state index contributed by atoms with van der Waals surface area (Å²) >= 11 is 0. The molecule has 0 N–H and O–H groups in total. The van der Waals surface area contributed by atoms with Crippen LogP contribution in [0.15, 0.2) is 42.5 Å². The van der Waals surface area contributed by atoms with Gasteiger partial charge in [0.25, 0.3) is 0 Å². The number of rotatable bonds is 6. The normalized spacial score (nSPS) is 21.3. The number of esters is 1. The van der Waals surface area contributed by atoms with Gasteiger partial charge in [-0.05, 0) is 44.2 Å². The van der Waals surface area contributed by atoms with Gasteiger partial charge in [0.05, 0.1) is 6.61 Å². The largest absolute Gasteiger partial charge is 0.490 e. The molecule has 102 valence electrons. The maximum atomic E-state index is 11.3. The van der Waals surface area contributed by atoms with Crippen molar-refractivity contribution in [2.45, 2.75) is 32.3 Å². The molecule has 0 bridgehead atoms. The van der Waals surface area contributed by atoms with Gasteiger partial charge >= 0.3 is 5.97 Å². The third-order valence-corrected chi connectivity index (χ3v) is 3.45. The van der Waals surface area contributed by atoms with Crippen LogP contribution in [0.4, 0.5) is 0 Å². The molecule has 0 spiro atoms. The van der Waals surface area contributed by atoms with Crippen molar-refractivity contribution < 1.29 is 14.3 Å². The second-order valence-electron chi connectivity index (χ2n) is 5.01. The van der Waals surface area contributed by atoms with Crippen molar-refractivity contribution in [1.29, 1.82) is 0 Å². The van der Waals surface area contributed by atoms with Crippen LogP contribution in [0.25, 0.3) is 0 Å². The van der Waals surface area contributed by atoms with Gasteiger partial charge in [0.2, 0.25) is 0 Å². The third-order valence-electron chi connectivity index (χ3n) is 3.45. The monoisotopic (exact) mass is 260 g/mol. The first kappa shape index (κ1) is 13.7. The Balaban J connectivity index is 1.71. The van der Waals surface area contributed by atoms with Crippen LogP contribution in [0, 0.1) is 5.92 Å². The van der Waals surface area contributed by atoms with Crippen LogP contribution in [-0.2, 0) is 9.53 Å². The van der Waals surface area contributed by atoms with Gasteiger partial charge in [-0.15, -0.1) is 0 Å². The first-order valence-electron chi connectivity index (χ1n) is 6.71. The molecular formula is C16H20O3. The summed E-state index contributed by atoms with van der Waals surface area (Å²) in [4.78, 5) is 11.3. The van der Waals surface area contributed by atoms with E-state index >= 15 is 0 Å². The zero-order valence-electron chi connectivity index (χ0n) is 11.3. The van der Waals surface area contributed by atoms with Gasteiger partial charge in [0.15, 0.2) is 0 Å². The number of carbonyl (C=O) groups excluding carboxylic acids is 1. The first-order chi connectivity index (χ1) is 9.16. The summed E-state index contributed by atoms with van der Waals surface area (Å²) in [6.45, 7) is 5.67. The smallest absolute Gasteiger partial charge is 0.333 e. The van der Waals surface area contributed by atoms with E-state index in [9.17, 15) is 4.79 Å². The average molecular weight is 260 g/mol. The minimum absolute atomic E-state index is 0.255. The van der Waals surface area contributed by atoms with Gasteiger partial charge in [-0.1, -0.05) is 24.8 Å². The summed E-state index contributed by atoms with van der Waals surface area (Å²) in [5, 5.41) is 0.